The minimum Gasteiger partial charge on any atom is -0.374 e. The first-order valence-electron chi connectivity index (χ1n) is 6.38. The predicted octanol–water partition coefficient (Wildman–Crippen LogP) is 1.32. The summed E-state index contributed by atoms with van der Waals surface area (Å²) in [6, 6.07) is 10.0. The van der Waals surface area contributed by atoms with Crippen molar-refractivity contribution < 1.29 is 9.53 Å². The highest BCUT2D eigenvalue weighted by Crippen LogP contribution is 2.26. The molecule has 98 valence electrons. The zero-order chi connectivity index (χ0) is 13.0. The predicted molar refractivity (Wildman–Crippen MR) is 70.0 cm³/mol. The van der Waals surface area contributed by atoms with Crippen LogP contribution in [0.5, 0.6) is 0 Å². The number of amides is 1. The van der Waals surface area contributed by atoms with Gasteiger partial charge in [-0.15, -0.1) is 0 Å². The first-order chi connectivity index (χ1) is 8.72. The summed E-state index contributed by atoms with van der Waals surface area (Å²) in [4.78, 5) is 14.0. The average molecular weight is 248 g/mol. The number of nitrogens with zero attached hydrogens (tertiary/aromatic N) is 1. The maximum atomic E-state index is 12.1. The monoisotopic (exact) mass is 248 g/mol. The summed E-state index contributed by atoms with van der Waals surface area (Å²) < 4.78 is 5.68. The molecule has 0 aromatic heterocycles. The fourth-order valence-corrected chi connectivity index (χ4v) is 2.30. The Balaban J connectivity index is 2.18. The van der Waals surface area contributed by atoms with E-state index < -0.39 is 0 Å². The first-order valence-corrected chi connectivity index (χ1v) is 6.38. The van der Waals surface area contributed by atoms with Gasteiger partial charge < -0.3 is 15.4 Å². The Morgan fingerprint density at radius 3 is 2.83 bits per heavy atom. The second-order valence-corrected chi connectivity index (χ2v) is 4.66. The molecule has 1 aromatic carbocycles. The van der Waals surface area contributed by atoms with Gasteiger partial charge in [0.2, 0.25) is 5.91 Å². The second kappa shape index (κ2) is 5.98. The quantitative estimate of drug-likeness (QED) is 0.878. The van der Waals surface area contributed by atoms with Crippen molar-refractivity contribution in [2.75, 3.05) is 19.7 Å². The molecule has 1 saturated heterocycles. The van der Waals surface area contributed by atoms with Crippen LogP contribution in [0.3, 0.4) is 0 Å². The number of hydrogen-bond donors (Lipinski definition) is 1. The van der Waals surface area contributed by atoms with Crippen molar-refractivity contribution in [1.82, 2.24) is 4.90 Å². The Morgan fingerprint density at radius 2 is 2.17 bits per heavy atom. The molecule has 4 nitrogen and oxygen atoms in total. The van der Waals surface area contributed by atoms with Crippen LogP contribution < -0.4 is 5.73 Å². The largest absolute Gasteiger partial charge is 0.374 e. The van der Waals surface area contributed by atoms with Crippen LogP contribution in [-0.2, 0) is 9.53 Å². The molecule has 1 aliphatic heterocycles. The van der Waals surface area contributed by atoms with Crippen molar-refractivity contribution in [3.8, 4) is 0 Å². The molecule has 1 heterocycles. The van der Waals surface area contributed by atoms with Gasteiger partial charge in [0.05, 0.1) is 18.8 Å². The average Bonchev–Trinajstić information content (AvgIpc) is 2.40. The van der Waals surface area contributed by atoms with Crippen LogP contribution in [0.2, 0.25) is 0 Å². The topological polar surface area (TPSA) is 55.6 Å². The molecule has 0 bridgehead atoms. The molecule has 0 radical (unpaired) electrons. The number of carbonyl (C=O) groups is 1. The fraction of sp³-hybridized carbons (Fsp3) is 0.500. The molecule has 1 aromatic rings. The van der Waals surface area contributed by atoms with Gasteiger partial charge in [-0.2, -0.15) is 0 Å². The maximum absolute atomic E-state index is 12.1. The highest BCUT2D eigenvalue weighted by atomic mass is 16.5. The normalized spacial score (nSPS) is 24.0. The van der Waals surface area contributed by atoms with Gasteiger partial charge in [-0.3, -0.25) is 4.79 Å². The van der Waals surface area contributed by atoms with Crippen molar-refractivity contribution >= 4 is 5.91 Å². The van der Waals surface area contributed by atoms with Gasteiger partial charge in [-0.05, 0) is 12.5 Å². The first kappa shape index (κ1) is 13.1. The van der Waals surface area contributed by atoms with E-state index in [-0.39, 0.29) is 18.1 Å². The van der Waals surface area contributed by atoms with Crippen molar-refractivity contribution in [1.29, 1.82) is 0 Å². The molecular weight excluding hydrogens is 228 g/mol. The minimum absolute atomic E-state index is 0.0152. The molecule has 2 N–H and O–H groups in total. The maximum Gasteiger partial charge on any atom is 0.224 e. The van der Waals surface area contributed by atoms with Crippen LogP contribution in [0.1, 0.15) is 24.9 Å². The smallest absolute Gasteiger partial charge is 0.224 e. The van der Waals surface area contributed by atoms with Gasteiger partial charge in [0.15, 0.2) is 0 Å². The molecule has 0 spiro atoms. The van der Waals surface area contributed by atoms with Gasteiger partial charge >= 0.3 is 0 Å². The Labute approximate surface area is 108 Å². The summed E-state index contributed by atoms with van der Waals surface area (Å²) in [6.07, 6.45) is 0.488. The zero-order valence-corrected chi connectivity index (χ0v) is 10.7. The standard InChI is InChI=1S/C14H20N2O2/c1-11-9-16(14(17)7-8-15)13(10-18-11)12-5-3-2-4-6-12/h2-6,11,13H,7-10,15H2,1H3/t11-,13-/m0/s1. The molecule has 18 heavy (non-hydrogen) atoms. The van der Waals surface area contributed by atoms with E-state index in [1.165, 1.54) is 0 Å². The number of benzene rings is 1. The van der Waals surface area contributed by atoms with Crippen molar-refractivity contribution in [2.24, 2.45) is 5.73 Å². The van der Waals surface area contributed by atoms with Crippen LogP contribution in [0.15, 0.2) is 30.3 Å². The Morgan fingerprint density at radius 1 is 1.44 bits per heavy atom. The minimum atomic E-state index is 0.0152. The van der Waals surface area contributed by atoms with Crippen LogP contribution >= 0.6 is 0 Å². The van der Waals surface area contributed by atoms with E-state index in [0.29, 0.717) is 26.1 Å². The van der Waals surface area contributed by atoms with E-state index in [4.69, 9.17) is 10.5 Å². The summed E-state index contributed by atoms with van der Waals surface area (Å²) in [5.74, 6) is 0.113. The molecule has 2 atom stereocenters. The highest BCUT2D eigenvalue weighted by molar-refractivity contribution is 5.77. The van der Waals surface area contributed by atoms with Crippen molar-refractivity contribution in [2.45, 2.75) is 25.5 Å². The SMILES string of the molecule is C[C@H]1CN(C(=O)CCN)[C@H](c2ccccc2)CO1. The molecule has 1 fully saturated rings. The summed E-state index contributed by atoms with van der Waals surface area (Å²) in [5.41, 5.74) is 6.60. The van der Waals surface area contributed by atoms with Crippen molar-refractivity contribution in [3.63, 3.8) is 0 Å². The van der Waals surface area contributed by atoms with Crippen LogP contribution in [-0.4, -0.2) is 36.6 Å². The number of hydrogen-bond acceptors (Lipinski definition) is 3. The number of nitrogens with two attached hydrogens (primary N) is 1. The number of carbonyl (C=O) groups excluding carboxylic acids is 1. The molecule has 2 rings (SSSR count). The third kappa shape index (κ3) is 2.89. The summed E-state index contributed by atoms with van der Waals surface area (Å²) in [5, 5.41) is 0. The number of rotatable bonds is 3. The Bertz CT molecular complexity index is 394. The third-order valence-corrected chi connectivity index (χ3v) is 3.23. The van der Waals surface area contributed by atoms with Gasteiger partial charge in [-0.25, -0.2) is 0 Å². The number of ether oxygens (including phenoxy) is 1. The Kier molecular flexibility index (Phi) is 4.33. The molecule has 0 unspecified atom stereocenters. The molecule has 4 heteroatoms. The van der Waals surface area contributed by atoms with Crippen molar-refractivity contribution in [3.05, 3.63) is 35.9 Å². The van der Waals surface area contributed by atoms with E-state index in [1.54, 1.807) is 0 Å². The Hall–Kier alpha value is -1.39. The highest BCUT2D eigenvalue weighted by Gasteiger charge is 2.30. The van der Waals surface area contributed by atoms with E-state index in [9.17, 15) is 4.79 Å². The molecule has 0 saturated carbocycles. The zero-order valence-electron chi connectivity index (χ0n) is 10.7. The summed E-state index contributed by atoms with van der Waals surface area (Å²) in [7, 11) is 0. The molecular formula is C14H20N2O2. The van der Waals surface area contributed by atoms with E-state index in [1.807, 2.05) is 42.2 Å². The molecule has 0 aliphatic carbocycles. The lowest BCUT2D eigenvalue weighted by Crippen LogP contribution is -2.47. The lowest BCUT2D eigenvalue weighted by molar-refractivity contribution is -0.144. The van der Waals surface area contributed by atoms with Gasteiger partial charge in [-0.1, -0.05) is 30.3 Å². The molecule has 1 amide bonds. The fourth-order valence-electron chi connectivity index (χ4n) is 2.30. The van der Waals surface area contributed by atoms with Gasteiger partial charge in [0.1, 0.15) is 0 Å². The molecule has 1 aliphatic rings. The van der Waals surface area contributed by atoms with E-state index in [2.05, 4.69) is 0 Å². The van der Waals surface area contributed by atoms with Crippen LogP contribution in [0.4, 0.5) is 0 Å². The van der Waals surface area contributed by atoms with E-state index >= 15 is 0 Å². The van der Waals surface area contributed by atoms with Gasteiger partial charge in [0.25, 0.3) is 0 Å². The van der Waals surface area contributed by atoms with Crippen LogP contribution in [0, 0.1) is 0 Å². The lowest BCUT2D eigenvalue weighted by atomic mass is 10.0. The third-order valence-electron chi connectivity index (χ3n) is 3.23. The van der Waals surface area contributed by atoms with E-state index in [0.717, 1.165) is 5.56 Å². The number of morpholine rings is 1. The lowest BCUT2D eigenvalue weighted by Gasteiger charge is -2.39. The van der Waals surface area contributed by atoms with Crippen LogP contribution in [0.25, 0.3) is 0 Å². The summed E-state index contributed by atoms with van der Waals surface area (Å²) in [6.45, 7) is 3.58. The summed E-state index contributed by atoms with van der Waals surface area (Å²) >= 11 is 0. The van der Waals surface area contributed by atoms with Gasteiger partial charge in [0, 0.05) is 19.5 Å². The second-order valence-electron chi connectivity index (χ2n) is 4.66.